The molecule has 2 aliphatic rings. The lowest BCUT2D eigenvalue weighted by atomic mass is 9.97. The van der Waals surface area contributed by atoms with E-state index in [1.165, 1.54) is 4.90 Å². The van der Waals surface area contributed by atoms with Crippen molar-refractivity contribution >= 4 is 23.1 Å². The van der Waals surface area contributed by atoms with Crippen molar-refractivity contribution in [3.63, 3.8) is 0 Å². The molecule has 156 valence electrons. The number of hydrogen-bond acceptors (Lipinski definition) is 4. The molecule has 1 saturated heterocycles. The molecule has 0 aromatic heterocycles. The first-order chi connectivity index (χ1) is 14.3. The first kappa shape index (κ1) is 20.4. The number of amides is 2. The second-order valence-corrected chi connectivity index (χ2v) is 8.50. The maximum atomic E-state index is 13.7. The topological polar surface area (TPSA) is 43.9 Å². The number of carbonyl (C=O) groups excluding carboxylic acids is 2. The number of benzene rings is 2. The van der Waals surface area contributed by atoms with Gasteiger partial charge in [-0.3, -0.25) is 9.59 Å². The Morgan fingerprint density at radius 2 is 1.50 bits per heavy atom. The molecule has 0 unspecified atom stereocenters. The molecule has 0 atom stereocenters. The first-order valence-electron chi connectivity index (χ1n) is 10.5. The van der Waals surface area contributed by atoms with Crippen molar-refractivity contribution in [3.05, 3.63) is 69.9 Å². The van der Waals surface area contributed by atoms with Crippen LogP contribution in [0.5, 0.6) is 0 Å². The van der Waals surface area contributed by atoms with E-state index < -0.39 is 0 Å². The molecule has 0 saturated carbocycles. The number of likely N-dealkylation sites (N-methyl/N-ethyl adjacent to an activating group) is 1. The number of piperazine rings is 1. The third-order valence-corrected chi connectivity index (χ3v) is 6.35. The van der Waals surface area contributed by atoms with Crippen LogP contribution in [0, 0.1) is 27.7 Å². The van der Waals surface area contributed by atoms with Crippen LogP contribution in [-0.2, 0) is 9.59 Å². The predicted octanol–water partition coefficient (Wildman–Crippen LogP) is 3.45. The molecule has 0 bridgehead atoms. The highest BCUT2D eigenvalue weighted by Gasteiger charge is 2.43. The van der Waals surface area contributed by atoms with Crippen LogP contribution in [0.3, 0.4) is 0 Å². The Hall–Kier alpha value is -2.92. The number of anilines is 1. The number of nitrogens with zero attached hydrogens (tertiary/aromatic N) is 3. The molecular weight excluding hydrogens is 374 g/mol. The smallest absolute Gasteiger partial charge is 0.282 e. The van der Waals surface area contributed by atoms with Crippen LogP contribution >= 0.6 is 0 Å². The summed E-state index contributed by atoms with van der Waals surface area (Å²) in [6, 6.07) is 11.8. The van der Waals surface area contributed by atoms with Gasteiger partial charge in [-0.05, 0) is 63.1 Å². The molecule has 5 heteroatoms. The summed E-state index contributed by atoms with van der Waals surface area (Å²) in [6.45, 7) is 11.2. The van der Waals surface area contributed by atoms with E-state index in [9.17, 15) is 9.59 Å². The van der Waals surface area contributed by atoms with Crippen LogP contribution < -0.4 is 4.90 Å². The van der Waals surface area contributed by atoms with Crippen molar-refractivity contribution in [2.24, 2.45) is 0 Å². The van der Waals surface area contributed by atoms with E-state index in [-0.39, 0.29) is 11.8 Å². The molecule has 0 spiro atoms. The lowest BCUT2D eigenvalue weighted by Gasteiger charge is -2.34. The molecule has 2 aromatic carbocycles. The zero-order valence-corrected chi connectivity index (χ0v) is 18.5. The van der Waals surface area contributed by atoms with Crippen LogP contribution in [0.15, 0.2) is 42.1 Å². The van der Waals surface area contributed by atoms with Crippen LogP contribution in [-0.4, -0.2) is 54.8 Å². The SMILES string of the molecule is Cc1ccc(C2=C(N3CCN(C)CC3)C(=O)N(c3cccc(C)c3C)C2=O)c(C)c1. The van der Waals surface area contributed by atoms with E-state index >= 15 is 0 Å². The normalized spacial score (nSPS) is 18.0. The van der Waals surface area contributed by atoms with Crippen molar-refractivity contribution in [2.75, 3.05) is 38.1 Å². The van der Waals surface area contributed by atoms with Gasteiger partial charge >= 0.3 is 0 Å². The van der Waals surface area contributed by atoms with E-state index in [1.54, 1.807) is 0 Å². The summed E-state index contributed by atoms with van der Waals surface area (Å²) in [6.07, 6.45) is 0. The Kier molecular flexibility index (Phi) is 5.24. The van der Waals surface area contributed by atoms with Gasteiger partial charge < -0.3 is 9.80 Å². The van der Waals surface area contributed by atoms with Crippen LogP contribution in [0.2, 0.25) is 0 Å². The number of hydrogen-bond donors (Lipinski definition) is 0. The molecule has 30 heavy (non-hydrogen) atoms. The number of aryl methyl sites for hydroxylation is 3. The Labute approximate surface area is 178 Å². The number of imide groups is 1. The molecule has 0 radical (unpaired) electrons. The first-order valence-corrected chi connectivity index (χ1v) is 10.5. The van der Waals surface area contributed by atoms with Crippen LogP contribution in [0.4, 0.5) is 5.69 Å². The highest BCUT2D eigenvalue weighted by atomic mass is 16.2. The fourth-order valence-corrected chi connectivity index (χ4v) is 4.38. The summed E-state index contributed by atoms with van der Waals surface area (Å²) in [5.74, 6) is -0.442. The van der Waals surface area contributed by atoms with Gasteiger partial charge in [0.25, 0.3) is 11.8 Å². The summed E-state index contributed by atoms with van der Waals surface area (Å²) >= 11 is 0. The minimum absolute atomic E-state index is 0.215. The summed E-state index contributed by atoms with van der Waals surface area (Å²) < 4.78 is 0. The lowest BCUT2D eigenvalue weighted by Crippen LogP contribution is -2.46. The van der Waals surface area contributed by atoms with Crippen molar-refractivity contribution < 1.29 is 9.59 Å². The average molecular weight is 404 g/mol. The second kappa shape index (κ2) is 7.73. The monoisotopic (exact) mass is 403 g/mol. The summed E-state index contributed by atoms with van der Waals surface area (Å²) in [5.41, 5.74) is 6.77. The van der Waals surface area contributed by atoms with Crippen LogP contribution in [0.25, 0.3) is 5.57 Å². The number of carbonyl (C=O) groups is 2. The summed E-state index contributed by atoms with van der Waals surface area (Å²) in [7, 11) is 2.08. The van der Waals surface area contributed by atoms with Gasteiger partial charge in [-0.1, -0.05) is 35.9 Å². The molecule has 0 aliphatic carbocycles. The van der Waals surface area contributed by atoms with E-state index in [4.69, 9.17) is 0 Å². The van der Waals surface area contributed by atoms with Crippen molar-refractivity contribution in [3.8, 4) is 0 Å². The average Bonchev–Trinajstić information content (AvgIpc) is 2.95. The number of rotatable bonds is 3. The Bertz CT molecular complexity index is 1060. The lowest BCUT2D eigenvalue weighted by molar-refractivity contribution is -0.120. The third-order valence-electron chi connectivity index (χ3n) is 6.35. The molecule has 2 heterocycles. The van der Waals surface area contributed by atoms with Gasteiger partial charge in [0.1, 0.15) is 5.70 Å². The van der Waals surface area contributed by atoms with Crippen LogP contribution in [0.1, 0.15) is 27.8 Å². The maximum absolute atomic E-state index is 13.7. The highest BCUT2D eigenvalue weighted by Crippen LogP contribution is 2.38. The molecule has 2 amide bonds. The Balaban J connectivity index is 1.87. The van der Waals surface area contributed by atoms with Gasteiger partial charge in [0.15, 0.2) is 0 Å². The molecule has 0 N–H and O–H groups in total. The molecule has 4 rings (SSSR count). The Morgan fingerprint density at radius 1 is 0.800 bits per heavy atom. The van der Waals surface area contributed by atoms with Crippen molar-refractivity contribution in [1.29, 1.82) is 0 Å². The van der Waals surface area contributed by atoms with Gasteiger partial charge in [-0.25, -0.2) is 4.90 Å². The molecule has 5 nitrogen and oxygen atoms in total. The van der Waals surface area contributed by atoms with Gasteiger partial charge in [0, 0.05) is 26.2 Å². The zero-order valence-electron chi connectivity index (χ0n) is 18.5. The fraction of sp³-hybridized carbons (Fsp3) is 0.360. The van der Waals surface area contributed by atoms with Crippen molar-refractivity contribution in [1.82, 2.24) is 9.80 Å². The molecule has 1 fully saturated rings. The molecule has 2 aliphatic heterocycles. The molecule has 2 aromatic rings. The predicted molar refractivity (Wildman–Crippen MR) is 120 cm³/mol. The van der Waals surface area contributed by atoms with Crippen molar-refractivity contribution in [2.45, 2.75) is 27.7 Å². The van der Waals surface area contributed by atoms with E-state index in [0.29, 0.717) is 17.0 Å². The summed E-state index contributed by atoms with van der Waals surface area (Å²) in [5, 5.41) is 0. The summed E-state index contributed by atoms with van der Waals surface area (Å²) in [4.78, 5) is 33.2. The van der Waals surface area contributed by atoms with E-state index in [2.05, 4.69) is 22.9 Å². The highest BCUT2D eigenvalue weighted by molar-refractivity contribution is 6.45. The van der Waals surface area contributed by atoms with Gasteiger partial charge in [0.05, 0.1) is 11.3 Å². The Morgan fingerprint density at radius 3 is 2.17 bits per heavy atom. The second-order valence-electron chi connectivity index (χ2n) is 8.50. The largest absolute Gasteiger partial charge is 0.364 e. The third kappa shape index (κ3) is 3.33. The van der Waals surface area contributed by atoms with E-state index in [0.717, 1.165) is 54.0 Å². The minimum Gasteiger partial charge on any atom is -0.364 e. The van der Waals surface area contributed by atoms with E-state index in [1.807, 2.05) is 58.0 Å². The fourth-order valence-electron chi connectivity index (χ4n) is 4.38. The standard InChI is InChI=1S/C25H29N3O2/c1-16-9-10-20(18(3)15-16)22-23(27-13-11-26(5)12-14-27)25(30)28(24(22)29)21-8-6-7-17(2)19(21)4/h6-10,15H,11-14H2,1-5H3. The van der Waals surface area contributed by atoms with Gasteiger partial charge in [-0.2, -0.15) is 0 Å². The van der Waals surface area contributed by atoms with Gasteiger partial charge in [-0.15, -0.1) is 0 Å². The zero-order chi connectivity index (χ0) is 21.6. The molecular formula is C25H29N3O2. The maximum Gasteiger partial charge on any atom is 0.282 e. The minimum atomic E-state index is -0.227. The van der Waals surface area contributed by atoms with Gasteiger partial charge in [0.2, 0.25) is 0 Å². The quantitative estimate of drug-likeness (QED) is 0.737.